The lowest BCUT2D eigenvalue weighted by Crippen LogP contribution is -2.17. The number of hydrogen-bond donors (Lipinski definition) is 0. The standard InChI is InChI=1S/C21H11Cl2F3O/c22-14-5-7-16-12(10-14)2-1-3-18(16)20-17-8-6-15(23)11-13(17)4-9-19(20)27-21(24,25)26/h1-11H. The van der Waals surface area contributed by atoms with Crippen LogP contribution in [0.25, 0.3) is 32.7 Å². The molecule has 4 rings (SSSR count). The Kier molecular flexibility index (Phi) is 4.41. The molecule has 0 aliphatic carbocycles. The first-order valence-corrected chi connectivity index (χ1v) is 8.74. The summed E-state index contributed by atoms with van der Waals surface area (Å²) in [5, 5.41) is 3.99. The van der Waals surface area contributed by atoms with E-state index in [1.807, 2.05) is 6.07 Å². The van der Waals surface area contributed by atoms with E-state index in [0.29, 0.717) is 26.6 Å². The monoisotopic (exact) mass is 406 g/mol. The van der Waals surface area contributed by atoms with Crippen molar-refractivity contribution >= 4 is 44.7 Å². The maximum absolute atomic E-state index is 13.0. The Hall–Kier alpha value is -2.43. The molecule has 0 atom stereocenters. The Morgan fingerprint density at radius 1 is 0.704 bits per heavy atom. The molecule has 0 saturated heterocycles. The molecule has 0 fully saturated rings. The summed E-state index contributed by atoms with van der Waals surface area (Å²) in [4.78, 5) is 0. The average Bonchev–Trinajstić information content (AvgIpc) is 2.60. The van der Waals surface area contributed by atoms with Gasteiger partial charge in [0.25, 0.3) is 0 Å². The fraction of sp³-hybridized carbons (Fsp3) is 0.0476. The van der Waals surface area contributed by atoms with Crippen LogP contribution in [0.2, 0.25) is 10.0 Å². The van der Waals surface area contributed by atoms with Crippen LogP contribution in [0.3, 0.4) is 0 Å². The van der Waals surface area contributed by atoms with E-state index in [1.54, 1.807) is 54.6 Å². The second-order valence-corrected chi connectivity index (χ2v) is 6.90. The van der Waals surface area contributed by atoms with E-state index < -0.39 is 6.36 Å². The quantitative estimate of drug-likeness (QED) is 0.329. The maximum Gasteiger partial charge on any atom is 0.573 e. The van der Waals surface area contributed by atoms with Crippen molar-refractivity contribution in [3.63, 3.8) is 0 Å². The highest BCUT2D eigenvalue weighted by molar-refractivity contribution is 6.32. The van der Waals surface area contributed by atoms with Gasteiger partial charge in [-0.3, -0.25) is 0 Å². The van der Waals surface area contributed by atoms with Crippen LogP contribution in [0.5, 0.6) is 5.75 Å². The number of rotatable bonds is 2. The molecular weight excluding hydrogens is 396 g/mol. The molecule has 0 aliphatic heterocycles. The highest BCUT2D eigenvalue weighted by Crippen LogP contribution is 2.43. The van der Waals surface area contributed by atoms with E-state index in [-0.39, 0.29) is 5.75 Å². The van der Waals surface area contributed by atoms with Crippen molar-refractivity contribution in [3.05, 3.63) is 76.8 Å². The highest BCUT2D eigenvalue weighted by atomic mass is 35.5. The van der Waals surface area contributed by atoms with Gasteiger partial charge in [-0.25, -0.2) is 0 Å². The van der Waals surface area contributed by atoms with Crippen molar-refractivity contribution in [2.24, 2.45) is 0 Å². The summed E-state index contributed by atoms with van der Waals surface area (Å²) in [7, 11) is 0. The largest absolute Gasteiger partial charge is 0.573 e. The van der Waals surface area contributed by atoms with Crippen molar-refractivity contribution in [1.29, 1.82) is 0 Å². The van der Waals surface area contributed by atoms with Gasteiger partial charge in [0.15, 0.2) is 0 Å². The van der Waals surface area contributed by atoms with Gasteiger partial charge in [0.2, 0.25) is 0 Å². The summed E-state index contributed by atoms with van der Waals surface area (Å²) in [6, 6.07) is 18.6. The smallest absolute Gasteiger partial charge is 0.405 e. The molecule has 0 aromatic heterocycles. The third-order valence-electron chi connectivity index (χ3n) is 4.28. The Labute approximate surface area is 162 Å². The average molecular weight is 407 g/mol. The van der Waals surface area contributed by atoms with E-state index in [2.05, 4.69) is 4.74 Å². The third-order valence-corrected chi connectivity index (χ3v) is 4.75. The van der Waals surface area contributed by atoms with Crippen LogP contribution in [0.15, 0.2) is 66.7 Å². The van der Waals surface area contributed by atoms with Gasteiger partial charge >= 0.3 is 6.36 Å². The highest BCUT2D eigenvalue weighted by Gasteiger charge is 2.32. The van der Waals surface area contributed by atoms with Crippen LogP contribution in [-0.4, -0.2) is 6.36 Å². The Morgan fingerprint density at radius 3 is 2.00 bits per heavy atom. The Balaban J connectivity index is 2.09. The number of hydrogen-bond acceptors (Lipinski definition) is 1. The number of alkyl halides is 3. The zero-order valence-electron chi connectivity index (χ0n) is 13.6. The van der Waals surface area contributed by atoms with Crippen LogP contribution in [0.4, 0.5) is 13.2 Å². The molecule has 4 aromatic rings. The fourth-order valence-electron chi connectivity index (χ4n) is 3.24. The summed E-state index contributed by atoms with van der Waals surface area (Å²) in [5.74, 6) is -0.264. The molecule has 0 unspecified atom stereocenters. The lowest BCUT2D eigenvalue weighted by atomic mass is 9.93. The fourth-order valence-corrected chi connectivity index (χ4v) is 3.60. The summed E-state index contributed by atoms with van der Waals surface area (Å²) in [5.41, 5.74) is 0.978. The van der Waals surface area contributed by atoms with E-state index in [9.17, 15) is 13.2 Å². The van der Waals surface area contributed by atoms with Gasteiger partial charge in [-0.05, 0) is 57.4 Å². The molecule has 0 spiro atoms. The minimum absolute atomic E-state index is 0.264. The van der Waals surface area contributed by atoms with Gasteiger partial charge in [-0.1, -0.05) is 59.6 Å². The summed E-state index contributed by atoms with van der Waals surface area (Å²) < 4.78 is 43.4. The first-order valence-electron chi connectivity index (χ1n) is 7.98. The number of halogens is 5. The van der Waals surface area contributed by atoms with Gasteiger partial charge in [-0.15, -0.1) is 13.2 Å². The van der Waals surface area contributed by atoms with Crippen LogP contribution in [0, 0.1) is 0 Å². The molecular formula is C21H11Cl2F3O. The number of ether oxygens (including phenoxy) is 1. The molecule has 1 nitrogen and oxygen atoms in total. The predicted octanol–water partition coefficient (Wildman–Crippen LogP) is 7.87. The lowest BCUT2D eigenvalue weighted by molar-refractivity contribution is -0.274. The Bertz CT molecular complexity index is 1170. The summed E-state index contributed by atoms with van der Waals surface area (Å²) >= 11 is 12.1. The molecule has 136 valence electrons. The zero-order valence-corrected chi connectivity index (χ0v) is 15.2. The molecule has 4 aromatic carbocycles. The van der Waals surface area contributed by atoms with Crippen molar-refractivity contribution in [2.45, 2.75) is 6.36 Å². The van der Waals surface area contributed by atoms with Crippen LogP contribution in [-0.2, 0) is 0 Å². The Morgan fingerprint density at radius 2 is 1.33 bits per heavy atom. The molecule has 0 radical (unpaired) electrons. The molecule has 0 heterocycles. The molecule has 0 amide bonds. The molecule has 27 heavy (non-hydrogen) atoms. The van der Waals surface area contributed by atoms with Crippen LogP contribution < -0.4 is 4.74 Å². The third kappa shape index (κ3) is 3.55. The second kappa shape index (κ2) is 6.63. The molecule has 0 N–H and O–H groups in total. The van der Waals surface area contributed by atoms with Crippen molar-refractivity contribution in [2.75, 3.05) is 0 Å². The van der Waals surface area contributed by atoms with E-state index in [4.69, 9.17) is 23.2 Å². The predicted molar refractivity (Wildman–Crippen MR) is 104 cm³/mol. The maximum atomic E-state index is 13.0. The van der Waals surface area contributed by atoms with Gasteiger partial charge in [0.05, 0.1) is 0 Å². The van der Waals surface area contributed by atoms with Crippen LogP contribution >= 0.6 is 23.2 Å². The molecule has 0 bridgehead atoms. The second-order valence-electron chi connectivity index (χ2n) is 6.02. The minimum atomic E-state index is -4.80. The minimum Gasteiger partial charge on any atom is -0.405 e. The number of fused-ring (bicyclic) bond motifs is 2. The van der Waals surface area contributed by atoms with Gasteiger partial charge in [0, 0.05) is 15.6 Å². The normalized spacial score (nSPS) is 11.9. The molecule has 6 heteroatoms. The number of benzene rings is 4. The van der Waals surface area contributed by atoms with Gasteiger partial charge in [0.1, 0.15) is 5.75 Å². The van der Waals surface area contributed by atoms with Gasteiger partial charge < -0.3 is 4.74 Å². The van der Waals surface area contributed by atoms with E-state index in [0.717, 1.165) is 16.2 Å². The summed E-state index contributed by atoms with van der Waals surface area (Å²) in [6.45, 7) is 0. The molecule has 0 saturated carbocycles. The van der Waals surface area contributed by atoms with Crippen LogP contribution in [0.1, 0.15) is 0 Å². The van der Waals surface area contributed by atoms with Gasteiger partial charge in [-0.2, -0.15) is 0 Å². The van der Waals surface area contributed by atoms with Crippen molar-refractivity contribution < 1.29 is 17.9 Å². The topological polar surface area (TPSA) is 9.23 Å². The van der Waals surface area contributed by atoms with Crippen molar-refractivity contribution in [3.8, 4) is 16.9 Å². The van der Waals surface area contributed by atoms with E-state index in [1.165, 1.54) is 6.07 Å². The SMILES string of the molecule is FC(F)(F)Oc1ccc2cc(Cl)ccc2c1-c1cccc2cc(Cl)ccc12. The van der Waals surface area contributed by atoms with E-state index >= 15 is 0 Å². The zero-order chi connectivity index (χ0) is 19.2. The summed E-state index contributed by atoms with van der Waals surface area (Å²) in [6.07, 6.45) is -4.80. The lowest BCUT2D eigenvalue weighted by Gasteiger charge is -2.17. The first kappa shape index (κ1) is 18.0. The molecule has 0 aliphatic rings. The van der Waals surface area contributed by atoms with Crippen molar-refractivity contribution in [1.82, 2.24) is 0 Å². The first-order chi connectivity index (χ1) is 12.8.